The van der Waals surface area contributed by atoms with Crippen LogP contribution in [0.2, 0.25) is 0 Å². The molecule has 1 atom stereocenters. The SMILES string of the molecule is O=C(NCc1cccc(Br)c1)[C@H]1CCCN(c2cnc3nccnc3c2)C1. The zero-order valence-corrected chi connectivity index (χ0v) is 16.4. The number of anilines is 1. The van der Waals surface area contributed by atoms with Gasteiger partial charge in [0, 0.05) is 36.5 Å². The Kier molecular flexibility index (Phi) is 5.29. The first-order chi connectivity index (χ1) is 13.2. The first-order valence-electron chi connectivity index (χ1n) is 9.03. The van der Waals surface area contributed by atoms with Crippen molar-refractivity contribution in [2.45, 2.75) is 19.4 Å². The van der Waals surface area contributed by atoms with Crippen LogP contribution in [0.15, 0.2) is 53.4 Å². The van der Waals surface area contributed by atoms with Crippen LogP contribution < -0.4 is 10.2 Å². The van der Waals surface area contributed by atoms with Gasteiger partial charge in [-0.2, -0.15) is 0 Å². The van der Waals surface area contributed by atoms with Crippen LogP contribution in [0.1, 0.15) is 18.4 Å². The van der Waals surface area contributed by atoms with E-state index in [2.05, 4.69) is 41.1 Å². The highest BCUT2D eigenvalue weighted by molar-refractivity contribution is 9.10. The summed E-state index contributed by atoms with van der Waals surface area (Å²) in [5.41, 5.74) is 3.49. The van der Waals surface area contributed by atoms with Crippen LogP contribution in [0.4, 0.5) is 5.69 Å². The number of fused-ring (bicyclic) bond motifs is 1. The number of halogens is 1. The van der Waals surface area contributed by atoms with E-state index in [-0.39, 0.29) is 11.8 Å². The molecule has 0 bridgehead atoms. The molecule has 0 radical (unpaired) electrons. The predicted octanol–water partition coefficient (Wildman–Crippen LogP) is 3.32. The van der Waals surface area contributed by atoms with Crippen molar-refractivity contribution in [2.75, 3.05) is 18.0 Å². The normalized spacial score (nSPS) is 17.1. The number of carbonyl (C=O) groups is 1. The minimum Gasteiger partial charge on any atom is -0.369 e. The molecule has 138 valence electrons. The van der Waals surface area contributed by atoms with Crippen LogP contribution >= 0.6 is 15.9 Å². The fourth-order valence-corrected chi connectivity index (χ4v) is 3.87. The first-order valence-corrected chi connectivity index (χ1v) is 9.82. The molecule has 1 aromatic carbocycles. The Balaban J connectivity index is 1.41. The topological polar surface area (TPSA) is 71.0 Å². The first kappa shape index (κ1) is 17.9. The zero-order chi connectivity index (χ0) is 18.6. The van der Waals surface area contributed by atoms with E-state index in [1.54, 1.807) is 12.4 Å². The van der Waals surface area contributed by atoms with Crippen molar-refractivity contribution in [1.82, 2.24) is 20.3 Å². The molecule has 0 saturated carbocycles. The highest BCUT2D eigenvalue weighted by Gasteiger charge is 2.26. The summed E-state index contributed by atoms with van der Waals surface area (Å²) in [5.74, 6) is 0.0803. The lowest BCUT2D eigenvalue weighted by atomic mass is 9.96. The maximum atomic E-state index is 12.7. The molecule has 3 aromatic rings. The van der Waals surface area contributed by atoms with E-state index in [1.165, 1.54) is 0 Å². The molecule has 27 heavy (non-hydrogen) atoms. The van der Waals surface area contributed by atoms with Gasteiger partial charge in [0.15, 0.2) is 5.65 Å². The van der Waals surface area contributed by atoms with Gasteiger partial charge in [0.05, 0.1) is 17.8 Å². The lowest BCUT2D eigenvalue weighted by Gasteiger charge is -2.33. The van der Waals surface area contributed by atoms with Gasteiger partial charge in [0.1, 0.15) is 5.52 Å². The molecule has 2 aromatic heterocycles. The Bertz CT molecular complexity index is 964. The summed E-state index contributed by atoms with van der Waals surface area (Å²) in [7, 11) is 0. The monoisotopic (exact) mass is 425 g/mol. The van der Waals surface area contributed by atoms with Gasteiger partial charge in [-0.15, -0.1) is 0 Å². The molecule has 1 aliphatic heterocycles. The molecule has 1 N–H and O–H groups in total. The van der Waals surface area contributed by atoms with Gasteiger partial charge >= 0.3 is 0 Å². The molecule has 0 spiro atoms. The van der Waals surface area contributed by atoms with Crippen molar-refractivity contribution in [2.24, 2.45) is 5.92 Å². The van der Waals surface area contributed by atoms with Crippen LogP contribution in [-0.4, -0.2) is 33.9 Å². The van der Waals surface area contributed by atoms with Gasteiger partial charge < -0.3 is 10.2 Å². The second kappa shape index (κ2) is 8.00. The quantitative estimate of drug-likeness (QED) is 0.693. The van der Waals surface area contributed by atoms with E-state index in [0.717, 1.165) is 40.6 Å². The number of nitrogens with one attached hydrogen (secondary N) is 1. The van der Waals surface area contributed by atoms with Gasteiger partial charge in [0.25, 0.3) is 0 Å². The number of amides is 1. The molecule has 1 amide bonds. The average molecular weight is 426 g/mol. The molecule has 1 fully saturated rings. The van der Waals surface area contributed by atoms with Crippen molar-refractivity contribution >= 4 is 38.7 Å². The van der Waals surface area contributed by atoms with E-state index in [0.29, 0.717) is 18.7 Å². The minimum atomic E-state index is -0.0246. The van der Waals surface area contributed by atoms with Crippen LogP contribution in [0, 0.1) is 5.92 Å². The molecular weight excluding hydrogens is 406 g/mol. The van der Waals surface area contributed by atoms with Crippen molar-refractivity contribution in [3.63, 3.8) is 0 Å². The number of nitrogens with zero attached hydrogens (tertiary/aromatic N) is 4. The Hall–Kier alpha value is -2.54. The Morgan fingerprint density at radius 3 is 3.00 bits per heavy atom. The number of hydrogen-bond acceptors (Lipinski definition) is 5. The van der Waals surface area contributed by atoms with Crippen molar-refractivity contribution < 1.29 is 4.79 Å². The molecule has 1 aliphatic rings. The number of pyridine rings is 1. The van der Waals surface area contributed by atoms with E-state index < -0.39 is 0 Å². The number of hydrogen-bond donors (Lipinski definition) is 1. The average Bonchev–Trinajstić information content (AvgIpc) is 2.72. The fourth-order valence-electron chi connectivity index (χ4n) is 3.43. The van der Waals surface area contributed by atoms with Crippen molar-refractivity contribution in [3.05, 3.63) is 59.0 Å². The Morgan fingerprint density at radius 1 is 1.22 bits per heavy atom. The Morgan fingerprint density at radius 2 is 2.11 bits per heavy atom. The fraction of sp³-hybridized carbons (Fsp3) is 0.300. The third-order valence-electron chi connectivity index (χ3n) is 4.82. The van der Waals surface area contributed by atoms with Crippen LogP contribution in [0.5, 0.6) is 0 Å². The lowest BCUT2D eigenvalue weighted by molar-refractivity contribution is -0.125. The second-order valence-corrected chi connectivity index (χ2v) is 7.64. The van der Waals surface area contributed by atoms with E-state index in [9.17, 15) is 4.79 Å². The van der Waals surface area contributed by atoms with Gasteiger partial charge in [-0.1, -0.05) is 28.1 Å². The molecule has 0 unspecified atom stereocenters. The largest absolute Gasteiger partial charge is 0.369 e. The lowest BCUT2D eigenvalue weighted by Crippen LogP contribution is -2.43. The molecule has 7 heteroatoms. The van der Waals surface area contributed by atoms with Crippen LogP contribution in [-0.2, 0) is 11.3 Å². The van der Waals surface area contributed by atoms with Crippen LogP contribution in [0.3, 0.4) is 0 Å². The number of carbonyl (C=O) groups excluding carboxylic acids is 1. The summed E-state index contributed by atoms with van der Waals surface area (Å²) >= 11 is 3.46. The van der Waals surface area contributed by atoms with Gasteiger partial charge in [-0.05, 0) is 36.6 Å². The van der Waals surface area contributed by atoms with E-state index in [1.807, 2.05) is 36.5 Å². The highest BCUT2D eigenvalue weighted by atomic mass is 79.9. The molecular formula is C20H20BrN5O. The number of aromatic nitrogens is 3. The van der Waals surface area contributed by atoms with Crippen LogP contribution in [0.25, 0.3) is 11.2 Å². The van der Waals surface area contributed by atoms with E-state index in [4.69, 9.17) is 0 Å². The standard InChI is InChI=1S/C20H20BrN5O/c21-16-5-1-3-14(9-16)11-25-20(27)15-4-2-8-26(13-15)17-10-18-19(24-12-17)23-7-6-22-18/h1,3,5-7,9-10,12,15H,2,4,8,11,13H2,(H,25,27)/t15-/m0/s1. The molecule has 0 aliphatic carbocycles. The maximum Gasteiger partial charge on any atom is 0.225 e. The van der Waals surface area contributed by atoms with E-state index >= 15 is 0 Å². The maximum absolute atomic E-state index is 12.7. The van der Waals surface area contributed by atoms with Gasteiger partial charge in [-0.3, -0.25) is 9.78 Å². The van der Waals surface area contributed by atoms with Crippen molar-refractivity contribution in [1.29, 1.82) is 0 Å². The summed E-state index contributed by atoms with van der Waals surface area (Å²) in [5, 5.41) is 3.07. The Labute approximate surface area is 166 Å². The predicted molar refractivity (Wildman–Crippen MR) is 108 cm³/mol. The summed E-state index contributed by atoms with van der Waals surface area (Å²) in [6, 6.07) is 9.99. The van der Waals surface area contributed by atoms with Gasteiger partial charge in [0.2, 0.25) is 5.91 Å². The molecule has 6 nitrogen and oxygen atoms in total. The molecule has 1 saturated heterocycles. The second-order valence-electron chi connectivity index (χ2n) is 6.73. The highest BCUT2D eigenvalue weighted by Crippen LogP contribution is 2.24. The zero-order valence-electron chi connectivity index (χ0n) is 14.8. The summed E-state index contributed by atoms with van der Waals surface area (Å²) in [6.07, 6.45) is 7.01. The number of benzene rings is 1. The van der Waals surface area contributed by atoms with Gasteiger partial charge in [-0.25, -0.2) is 9.97 Å². The smallest absolute Gasteiger partial charge is 0.225 e. The number of rotatable bonds is 4. The number of piperidine rings is 1. The summed E-state index contributed by atoms with van der Waals surface area (Å²) in [6.45, 7) is 2.16. The third-order valence-corrected chi connectivity index (χ3v) is 5.32. The van der Waals surface area contributed by atoms with Crippen molar-refractivity contribution in [3.8, 4) is 0 Å². The third kappa shape index (κ3) is 4.24. The summed E-state index contributed by atoms with van der Waals surface area (Å²) in [4.78, 5) is 27.8. The molecule has 4 rings (SSSR count). The minimum absolute atomic E-state index is 0.0246. The summed E-state index contributed by atoms with van der Waals surface area (Å²) < 4.78 is 1.02. The molecule has 3 heterocycles.